The Morgan fingerprint density at radius 1 is 1.26 bits per heavy atom. The standard InChI is InChI=1S/C15H23ClN2O4S/c1-22-12-9-17-15(19)8-11-18(23(2,20)21)10-7-13-3-5-14(16)6-4-13/h3-6H,7-12H2,1-2H3,(H,17,19). The Kier molecular flexibility index (Phi) is 8.54. The van der Waals surface area contributed by atoms with Gasteiger partial charge in [0.25, 0.3) is 0 Å². The highest BCUT2D eigenvalue weighted by Gasteiger charge is 2.17. The Bertz CT molecular complexity index is 590. The van der Waals surface area contributed by atoms with Gasteiger partial charge in [-0.1, -0.05) is 23.7 Å². The minimum absolute atomic E-state index is 0.122. The van der Waals surface area contributed by atoms with E-state index in [0.29, 0.717) is 31.1 Å². The number of ether oxygens (including phenoxy) is 1. The van der Waals surface area contributed by atoms with Crippen LogP contribution in [0.25, 0.3) is 0 Å². The molecule has 0 unspecified atom stereocenters. The van der Waals surface area contributed by atoms with Crippen LogP contribution in [0.4, 0.5) is 0 Å². The summed E-state index contributed by atoms with van der Waals surface area (Å²) >= 11 is 5.82. The van der Waals surface area contributed by atoms with Gasteiger partial charge in [-0.3, -0.25) is 4.79 Å². The zero-order chi connectivity index (χ0) is 17.3. The van der Waals surface area contributed by atoms with Crippen LogP contribution in [0.1, 0.15) is 12.0 Å². The van der Waals surface area contributed by atoms with Gasteiger partial charge in [-0.25, -0.2) is 12.7 Å². The zero-order valence-corrected chi connectivity index (χ0v) is 15.0. The van der Waals surface area contributed by atoms with Crippen molar-refractivity contribution in [1.29, 1.82) is 0 Å². The van der Waals surface area contributed by atoms with E-state index in [4.69, 9.17) is 16.3 Å². The third-order valence-electron chi connectivity index (χ3n) is 3.25. The van der Waals surface area contributed by atoms with Crippen molar-refractivity contribution in [2.45, 2.75) is 12.8 Å². The quantitative estimate of drug-likeness (QED) is 0.636. The number of halogens is 1. The van der Waals surface area contributed by atoms with Crippen LogP contribution in [0.3, 0.4) is 0 Å². The number of benzene rings is 1. The number of nitrogens with zero attached hydrogens (tertiary/aromatic N) is 1. The lowest BCUT2D eigenvalue weighted by Crippen LogP contribution is -2.36. The van der Waals surface area contributed by atoms with Gasteiger partial charge in [0.05, 0.1) is 12.9 Å². The summed E-state index contributed by atoms with van der Waals surface area (Å²) in [6.07, 6.45) is 1.84. The molecule has 0 bridgehead atoms. The van der Waals surface area contributed by atoms with E-state index in [1.807, 2.05) is 12.1 Å². The van der Waals surface area contributed by atoms with E-state index >= 15 is 0 Å². The van der Waals surface area contributed by atoms with E-state index in [2.05, 4.69) is 5.32 Å². The lowest BCUT2D eigenvalue weighted by Gasteiger charge is -2.19. The average Bonchev–Trinajstić information content (AvgIpc) is 2.48. The maximum atomic E-state index is 11.8. The van der Waals surface area contributed by atoms with Crippen molar-refractivity contribution in [3.8, 4) is 0 Å². The second-order valence-corrected chi connectivity index (χ2v) is 7.55. The number of sulfonamides is 1. The minimum Gasteiger partial charge on any atom is -0.383 e. The first kappa shape index (κ1) is 19.9. The molecule has 0 heterocycles. The number of carbonyl (C=O) groups is 1. The van der Waals surface area contributed by atoms with Gasteiger partial charge in [-0.15, -0.1) is 0 Å². The van der Waals surface area contributed by atoms with Crippen molar-refractivity contribution in [2.75, 3.05) is 39.6 Å². The van der Waals surface area contributed by atoms with E-state index in [1.165, 1.54) is 4.31 Å². The topological polar surface area (TPSA) is 75.7 Å². The maximum absolute atomic E-state index is 11.8. The number of amides is 1. The molecule has 1 amide bonds. The molecule has 0 aliphatic heterocycles. The van der Waals surface area contributed by atoms with Crippen LogP contribution < -0.4 is 5.32 Å². The molecule has 0 saturated heterocycles. The fourth-order valence-corrected chi connectivity index (χ4v) is 2.93. The summed E-state index contributed by atoms with van der Waals surface area (Å²) in [5, 5.41) is 3.31. The van der Waals surface area contributed by atoms with Gasteiger partial charge in [-0.2, -0.15) is 0 Å². The first-order chi connectivity index (χ1) is 10.8. The van der Waals surface area contributed by atoms with E-state index < -0.39 is 10.0 Å². The molecule has 0 saturated carbocycles. The Morgan fingerprint density at radius 2 is 1.91 bits per heavy atom. The van der Waals surface area contributed by atoms with Crippen molar-refractivity contribution < 1.29 is 17.9 Å². The predicted molar refractivity (Wildman–Crippen MR) is 91.1 cm³/mol. The number of methoxy groups -OCH3 is 1. The van der Waals surface area contributed by atoms with Gasteiger partial charge in [-0.05, 0) is 24.1 Å². The fraction of sp³-hybridized carbons (Fsp3) is 0.533. The monoisotopic (exact) mass is 362 g/mol. The minimum atomic E-state index is -3.36. The largest absolute Gasteiger partial charge is 0.383 e. The summed E-state index contributed by atoms with van der Waals surface area (Å²) in [6.45, 7) is 1.33. The van der Waals surface area contributed by atoms with Gasteiger partial charge in [0.1, 0.15) is 0 Å². The summed E-state index contributed by atoms with van der Waals surface area (Å²) in [6, 6.07) is 7.26. The highest BCUT2D eigenvalue weighted by Crippen LogP contribution is 2.11. The molecule has 130 valence electrons. The Balaban J connectivity index is 2.50. The van der Waals surface area contributed by atoms with Gasteiger partial charge in [0.2, 0.25) is 15.9 Å². The van der Waals surface area contributed by atoms with Crippen LogP contribution in [0.2, 0.25) is 5.02 Å². The third-order valence-corrected chi connectivity index (χ3v) is 4.80. The maximum Gasteiger partial charge on any atom is 0.221 e. The molecular formula is C15H23ClN2O4S. The highest BCUT2D eigenvalue weighted by molar-refractivity contribution is 7.88. The first-order valence-corrected chi connectivity index (χ1v) is 9.50. The molecule has 1 N–H and O–H groups in total. The molecule has 0 aliphatic carbocycles. The van der Waals surface area contributed by atoms with Crippen molar-refractivity contribution in [2.24, 2.45) is 0 Å². The van der Waals surface area contributed by atoms with E-state index in [-0.39, 0.29) is 18.9 Å². The number of nitrogens with one attached hydrogen (secondary N) is 1. The molecule has 0 aromatic heterocycles. The number of hydrogen-bond acceptors (Lipinski definition) is 4. The van der Waals surface area contributed by atoms with Crippen LogP contribution in [0.5, 0.6) is 0 Å². The lowest BCUT2D eigenvalue weighted by atomic mass is 10.1. The second kappa shape index (κ2) is 9.87. The molecule has 0 atom stereocenters. The van der Waals surface area contributed by atoms with Gasteiger partial charge >= 0.3 is 0 Å². The number of carbonyl (C=O) groups excluding carboxylic acids is 1. The SMILES string of the molecule is COCCNC(=O)CCN(CCc1ccc(Cl)cc1)S(C)(=O)=O. The molecule has 1 aromatic carbocycles. The van der Waals surface area contributed by atoms with Crippen molar-refractivity contribution in [3.63, 3.8) is 0 Å². The summed E-state index contributed by atoms with van der Waals surface area (Å²) in [7, 11) is -1.81. The van der Waals surface area contributed by atoms with Crippen LogP contribution in [-0.4, -0.2) is 58.2 Å². The Labute approximate surface area is 142 Å². The first-order valence-electron chi connectivity index (χ1n) is 7.28. The van der Waals surface area contributed by atoms with Crippen molar-refractivity contribution in [1.82, 2.24) is 9.62 Å². The highest BCUT2D eigenvalue weighted by atomic mass is 35.5. The third kappa shape index (κ3) is 8.31. The molecular weight excluding hydrogens is 340 g/mol. The predicted octanol–water partition coefficient (Wildman–Crippen LogP) is 1.30. The number of rotatable bonds is 10. The average molecular weight is 363 g/mol. The summed E-state index contributed by atoms with van der Waals surface area (Å²) < 4.78 is 29.8. The van der Waals surface area contributed by atoms with Crippen LogP contribution >= 0.6 is 11.6 Å². The van der Waals surface area contributed by atoms with Gasteiger partial charge in [0, 0.05) is 38.2 Å². The summed E-state index contributed by atoms with van der Waals surface area (Å²) in [4.78, 5) is 11.7. The Hall–Kier alpha value is -1.15. The lowest BCUT2D eigenvalue weighted by molar-refractivity contribution is -0.121. The van der Waals surface area contributed by atoms with Gasteiger partial charge < -0.3 is 10.1 Å². The smallest absolute Gasteiger partial charge is 0.221 e. The molecule has 6 nitrogen and oxygen atoms in total. The van der Waals surface area contributed by atoms with E-state index in [9.17, 15) is 13.2 Å². The zero-order valence-electron chi connectivity index (χ0n) is 13.4. The number of hydrogen-bond donors (Lipinski definition) is 1. The summed E-state index contributed by atoms with van der Waals surface area (Å²) in [5.74, 6) is -0.192. The molecule has 23 heavy (non-hydrogen) atoms. The van der Waals surface area contributed by atoms with Crippen molar-refractivity contribution in [3.05, 3.63) is 34.9 Å². The van der Waals surface area contributed by atoms with Crippen molar-refractivity contribution >= 4 is 27.5 Å². The summed E-state index contributed by atoms with van der Waals surface area (Å²) in [5.41, 5.74) is 0.993. The molecule has 1 rings (SSSR count). The van der Waals surface area contributed by atoms with E-state index in [0.717, 1.165) is 11.8 Å². The van der Waals surface area contributed by atoms with Crippen LogP contribution in [0, 0.1) is 0 Å². The second-order valence-electron chi connectivity index (χ2n) is 5.13. The molecule has 8 heteroatoms. The van der Waals surface area contributed by atoms with E-state index in [1.54, 1.807) is 19.2 Å². The Morgan fingerprint density at radius 3 is 2.48 bits per heavy atom. The normalized spacial score (nSPS) is 11.7. The van der Waals surface area contributed by atoms with Crippen LogP contribution in [-0.2, 0) is 26.0 Å². The molecule has 0 spiro atoms. The van der Waals surface area contributed by atoms with Gasteiger partial charge in [0.15, 0.2) is 0 Å². The molecule has 0 aliphatic rings. The molecule has 0 radical (unpaired) electrons. The van der Waals surface area contributed by atoms with Crippen LogP contribution in [0.15, 0.2) is 24.3 Å². The fourth-order valence-electron chi connectivity index (χ4n) is 1.96. The molecule has 1 aromatic rings. The molecule has 0 fully saturated rings.